The van der Waals surface area contributed by atoms with E-state index in [9.17, 15) is 9.59 Å². The molecule has 0 bridgehead atoms. The topological polar surface area (TPSA) is 113 Å². The highest BCUT2D eigenvalue weighted by molar-refractivity contribution is 6.04. The zero-order chi connectivity index (χ0) is 24.1. The van der Waals surface area contributed by atoms with Crippen LogP contribution in [0.4, 0.5) is 0 Å². The molecule has 1 aromatic carbocycles. The second kappa shape index (κ2) is 11.0. The number of amides is 1. The summed E-state index contributed by atoms with van der Waals surface area (Å²) in [5, 5.41) is 19.5. The van der Waals surface area contributed by atoms with Gasteiger partial charge in [0.1, 0.15) is 6.61 Å². The van der Waals surface area contributed by atoms with E-state index in [-0.39, 0.29) is 30.8 Å². The Balaban J connectivity index is 1.25. The summed E-state index contributed by atoms with van der Waals surface area (Å²) < 4.78 is 11.1. The first-order valence-corrected chi connectivity index (χ1v) is 11.8. The van der Waals surface area contributed by atoms with Gasteiger partial charge in [0, 0.05) is 19.5 Å². The number of hydrogen-bond donors (Lipinski definition) is 1. The Hall–Kier alpha value is -2.98. The van der Waals surface area contributed by atoms with Gasteiger partial charge in [-0.3, -0.25) is 9.80 Å². The second-order valence-corrected chi connectivity index (χ2v) is 9.06. The van der Waals surface area contributed by atoms with Crippen LogP contribution in [0.3, 0.4) is 0 Å². The lowest BCUT2D eigenvalue weighted by atomic mass is 10.0. The van der Waals surface area contributed by atoms with Crippen LogP contribution in [0.15, 0.2) is 34.5 Å². The fourth-order valence-electron chi connectivity index (χ4n) is 4.47. The standard InChI is InChI=1S/C24H32N4O6/c1-16-13-28(14-17(2)33-16)25-12-18-3-5-19(6-4-18)21-11-22(34-26-21)24(31)27-9-7-20(8-10-27)32-15-23(29)30/h3-6,12,16-17,20,22H,7-11,13-15H2,1-2H3,(H,29,30). The maximum Gasteiger partial charge on any atom is 0.329 e. The van der Waals surface area contributed by atoms with Crippen LogP contribution >= 0.6 is 0 Å². The van der Waals surface area contributed by atoms with E-state index in [0.29, 0.717) is 32.4 Å². The van der Waals surface area contributed by atoms with Crippen LogP contribution in [0.2, 0.25) is 0 Å². The van der Waals surface area contributed by atoms with E-state index in [1.54, 1.807) is 4.90 Å². The van der Waals surface area contributed by atoms with Crippen molar-refractivity contribution in [2.75, 3.05) is 32.8 Å². The molecule has 34 heavy (non-hydrogen) atoms. The smallest absolute Gasteiger partial charge is 0.329 e. The van der Waals surface area contributed by atoms with E-state index in [2.05, 4.69) is 10.3 Å². The molecule has 4 rings (SSSR count). The Labute approximate surface area is 199 Å². The Bertz CT molecular complexity index is 916. The first-order chi connectivity index (χ1) is 16.4. The van der Waals surface area contributed by atoms with Gasteiger partial charge in [0.2, 0.25) is 6.10 Å². The van der Waals surface area contributed by atoms with Crippen molar-refractivity contribution in [3.05, 3.63) is 35.4 Å². The lowest BCUT2D eigenvalue weighted by molar-refractivity contribution is -0.149. The van der Waals surface area contributed by atoms with Gasteiger partial charge in [-0.25, -0.2) is 4.79 Å². The lowest BCUT2D eigenvalue weighted by Crippen LogP contribution is -2.45. The van der Waals surface area contributed by atoms with Gasteiger partial charge in [-0.05, 0) is 37.8 Å². The molecule has 0 saturated carbocycles. The lowest BCUT2D eigenvalue weighted by Gasteiger charge is -2.33. The minimum atomic E-state index is -0.982. The molecule has 1 aromatic rings. The van der Waals surface area contributed by atoms with Crippen LogP contribution in [0.5, 0.6) is 0 Å². The van der Waals surface area contributed by atoms with Gasteiger partial charge in [0.05, 0.1) is 43.3 Å². The number of rotatable bonds is 7. The van der Waals surface area contributed by atoms with Gasteiger partial charge < -0.3 is 24.3 Å². The van der Waals surface area contributed by atoms with E-state index >= 15 is 0 Å². The van der Waals surface area contributed by atoms with Crippen LogP contribution in [0.25, 0.3) is 0 Å². The molecule has 2 fully saturated rings. The van der Waals surface area contributed by atoms with E-state index in [0.717, 1.165) is 29.9 Å². The van der Waals surface area contributed by atoms with Crippen LogP contribution < -0.4 is 0 Å². The molecule has 1 N–H and O–H groups in total. The molecule has 0 aliphatic carbocycles. The quantitative estimate of drug-likeness (QED) is 0.601. The molecule has 3 unspecified atom stereocenters. The van der Waals surface area contributed by atoms with Gasteiger partial charge in [-0.1, -0.05) is 29.4 Å². The van der Waals surface area contributed by atoms with E-state index in [1.807, 2.05) is 49.3 Å². The summed E-state index contributed by atoms with van der Waals surface area (Å²) in [6, 6.07) is 7.88. The van der Waals surface area contributed by atoms with E-state index < -0.39 is 12.1 Å². The zero-order valence-electron chi connectivity index (χ0n) is 19.6. The summed E-state index contributed by atoms with van der Waals surface area (Å²) in [6.07, 6.45) is 3.07. The summed E-state index contributed by atoms with van der Waals surface area (Å²) in [6.45, 7) is 6.38. The number of carboxylic acid groups (broad SMARTS) is 1. The van der Waals surface area contributed by atoms with E-state index in [1.165, 1.54) is 0 Å². The number of aliphatic carboxylic acids is 1. The number of oxime groups is 1. The minimum Gasteiger partial charge on any atom is -0.480 e. The number of carbonyl (C=O) groups excluding carboxylic acids is 1. The number of likely N-dealkylation sites (tertiary alicyclic amines) is 1. The SMILES string of the molecule is CC1CN(N=Cc2ccc(C3=NOC(C(=O)N4CCC(OCC(=O)O)CC4)C3)cc2)CC(C)O1. The molecule has 3 atom stereocenters. The van der Waals surface area contributed by atoms with Crippen LogP contribution in [0, 0.1) is 0 Å². The van der Waals surface area contributed by atoms with Crippen molar-refractivity contribution < 1.29 is 29.0 Å². The Morgan fingerprint density at radius 1 is 1.18 bits per heavy atom. The van der Waals surface area contributed by atoms with Crippen molar-refractivity contribution in [1.29, 1.82) is 0 Å². The fraction of sp³-hybridized carbons (Fsp3) is 0.583. The fourth-order valence-corrected chi connectivity index (χ4v) is 4.47. The van der Waals surface area contributed by atoms with Crippen LogP contribution in [0.1, 0.15) is 44.2 Å². The van der Waals surface area contributed by atoms with Crippen molar-refractivity contribution in [2.24, 2.45) is 10.3 Å². The van der Waals surface area contributed by atoms with Gasteiger partial charge in [0.25, 0.3) is 5.91 Å². The highest BCUT2D eigenvalue weighted by atomic mass is 16.6. The number of carboxylic acids is 1. The minimum absolute atomic E-state index is 0.0897. The number of piperidine rings is 1. The third-order valence-corrected chi connectivity index (χ3v) is 6.15. The van der Waals surface area contributed by atoms with Crippen LogP contribution in [-0.2, 0) is 23.9 Å². The first-order valence-electron chi connectivity index (χ1n) is 11.8. The summed E-state index contributed by atoms with van der Waals surface area (Å²) in [7, 11) is 0. The first kappa shape index (κ1) is 24.2. The van der Waals surface area contributed by atoms with Crippen molar-refractivity contribution in [2.45, 2.75) is 57.5 Å². The largest absolute Gasteiger partial charge is 0.480 e. The molecule has 0 spiro atoms. The van der Waals surface area contributed by atoms with Crippen molar-refractivity contribution in [3.8, 4) is 0 Å². The predicted molar refractivity (Wildman–Crippen MR) is 125 cm³/mol. The molecule has 0 radical (unpaired) electrons. The van der Waals surface area contributed by atoms with Gasteiger partial charge in [-0.15, -0.1) is 0 Å². The molecule has 3 aliphatic heterocycles. The second-order valence-electron chi connectivity index (χ2n) is 9.06. The summed E-state index contributed by atoms with van der Waals surface area (Å²) >= 11 is 0. The highest BCUT2D eigenvalue weighted by Crippen LogP contribution is 2.22. The van der Waals surface area contributed by atoms with Crippen LogP contribution in [-0.4, -0.2) is 96.0 Å². The maximum absolute atomic E-state index is 12.8. The van der Waals surface area contributed by atoms with Crippen molar-refractivity contribution in [3.63, 3.8) is 0 Å². The number of morpholine rings is 1. The van der Waals surface area contributed by atoms with Gasteiger partial charge in [0.15, 0.2) is 0 Å². The molecule has 184 valence electrons. The monoisotopic (exact) mass is 472 g/mol. The third kappa shape index (κ3) is 6.32. The molecule has 3 heterocycles. The summed E-state index contributed by atoms with van der Waals surface area (Å²) in [4.78, 5) is 30.7. The van der Waals surface area contributed by atoms with E-state index in [4.69, 9.17) is 19.4 Å². The number of hydrogen-bond acceptors (Lipinski definition) is 8. The number of ether oxygens (including phenoxy) is 2. The Kier molecular flexibility index (Phi) is 7.79. The molecule has 0 aromatic heterocycles. The van der Waals surface area contributed by atoms with Crippen molar-refractivity contribution in [1.82, 2.24) is 9.91 Å². The normalized spacial score (nSPS) is 25.9. The molecular weight excluding hydrogens is 440 g/mol. The Morgan fingerprint density at radius 3 is 2.50 bits per heavy atom. The number of hydrazone groups is 1. The molecular formula is C24H32N4O6. The third-order valence-electron chi connectivity index (χ3n) is 6.15. The zero-order valence-corrected chi connectivity index (χ0v) is 19.6. The average molecular weight is 473 g/mol. The Morgan fingerprint density at radius 2 is 1.85 bits per heavy atom. The number of benzene rings is 1. The maximum atomic E-state index is 12.8. The predicted octanol–water partition coefficient (Wildman–Crippen LogP) is 1.71. The van der Waals surface area contributed by atoms with Gasteiger partial charge >= 0.3 is 5.97 Å². The average Bonchev–Trinajstić information content (AvgIpc) is 3.31. The summed E-state index contributed by atoms with van der Waals surface area (Å²) in [5.74, 6) is -1.07. The summed E-state index contributed by atoms with van der Waals surface area (Å²) in [5.41, 5.74) is 2.65. The highest BCUT2D eigenvalue weighted by Gasteiger charge is 2.34. The molecule has 3 aliphatic rings. The molecule has 2 saturated heterocycles. The number of nitrogens with zero attached hydrogens (tertiary/aromatic N) is 4. The molecule has 10 nitrogen and oxygen atoms in total. The van der Waals surface area contributed by atoms with Crippen molar-refractivity contribution >= 4 is 23.8 Å². The molecule has 10 heteroatoms. The molecule has 1 amide bonds. The van der Waals surface area contributed by atoms with Gasteiger partial charge in [-0.2, -0.15) is 5.10 Å². The number of carbonyl (C=O) groups is 2.